The third-order valence-electron chi connectivity index (χ3n) is 4.11. The maximum Gasteiger partial charge on any atom is 0.127 e. The van der Waals surface area contributed by atoms with E-state index < -0.39 is 0 Å². The van der Waals surface area contributed by atoms with Gasteiger partial charge in [-0.15, -0.1) is 11.3 Å². The summed E-state index contributed by atoms with van der Waals surface area (Å²) in [6.45, 7) is 3.71. The number of rotatable bonds is 3. The fourth-order valence-corrected chi connectivity index (χ4v) is 3.94. The summed E-state index contributed by atoms with van der Waals surface area (Å²) in [6.07, 6.45) is 1.04. The Morgan fingerprint density at radius 1 is 1.48 bits per heavy atom. The number of hydrogen-bond acceptors (Lipinski definition) is 3. The van der Waals surface area contributed by atoms with Gasteiger partial charge in [0.1, 0.15) is 10.8 Å². The molecule has 3 rings (SSSR count). The first-order valence-electron chi connectivity index (χ1n) is 6.95. The van der Waals surface area contributed by atoms with Gasteiger partial charge in [-0.2, -0.15) is 0 Å². The number of thiophene rings is 1. The van der Waals surface area contributed by atoms with Gasteiger partial charge in [0.25, 0.3) is 0 Å². The summed E-state index contributed by atoms with van der Waals surface area (Å²) >= 11 is 6.79. The highest BCUT2D eigenvalue weighted by atomic mass is 32.1. The summed E-state index contributed by atoms with van der Waals surface area (Å²) in [4.78, 5) is 4.07. The molecule has 21 heavy (non-hydrogen) atoms. The number of hydrogen-bond donors (Lipinski definition) is 1. The van der Waals surface area contributed by atoms with Crippen molar-refractivity contribution in [2.24, 2.45) is 5.73 Å². The Kier molecular flexibility index (Phi) is 4.06. The number of fused-ring (bicyclic) bond motifs is 1. The highest BCUT2D eigenvalue weighted by molar-refractivity contribution is 7.80. The molecular weight excluding hydrogens is 303 g/mol. The molecule has 0 saturated carbocycles. The second kappa shape index (κ2) is 5.83. The van der Waals surface area contributed by atoms with Crippen molar-refractivity contribution in [1.29, 1.82) is 0 Å². The molecule has 1 aromatic heterocycles. The quantitative estimate of drug-likeness (QED) is 0.876. The van der Waals surface area contributed by atoms with E-state index in [1.54, 1.807) is 12.1 Å². The molecule has 0 radical (unpaired) electrons. The van der Waals surface area contributed by atoms with Crippen molar-refractivity contribution in [1.82, 2.24) is 4.90 Å². The number of halogens is 1. The van der Waals surface area contributed by atoms with Gasteiger partial charge >= 0.3 is 0 Å². The van der Waals surface area contributed by atoms with Crippen molar-refractivity contribution >= 4 is 28.5 Å². The molecule has 0 fully saturated rings. The van der Waals surface area contributed by atoms with E-state index in [2.05, 4.69) is 23.3 Å². The zero-order valence-corrected chi connectivity index (χ0v) is 13.4. The first-order chi connectivity index (χ1) is 10.1. The molecule has 110 valence electrons. The molecule has 0 spiro atoms. The van der Waals surface area contributed by atoms with Crippen molar-refractivity contribution in [3.05, 3.63) is 57.0 Å². The van der Waals surface area contributed by atoms with Gasteiger partial charge < -0.3 is 5.73 Å². The Balaban J connectivity index is 1.84. The highest BCUT2D eigenvalue weighted by Crippen LogP contribution is 2.33. The van der Waals surface area contributed by atoms with Crippen molar-refractivity contribution in [3.63, 3.8) is 0 Å². The third-order valence-corrected chi connectivity index (χ3v) is 5.34. The lowest BCUT2D eigenvalue weighted by atomic mass is 10.00. The standard InChI is InChI=1S/C16H17FN2S2/c1-10-13-5-7-21-15(13)4-6-19(10)9-12-8-11(16(18)20)2-3-14(12)17/h2-3,5,7-8,10H,4,6,9H2,1H3,(H2,18,20). The summed E-state index contributed by atoms with van der Waals surface area (Å²) in [5.41, 5.74) is 8.39. The van der Waals surface area contributed by atoms with Crippen LogP contribution in [0, 0.1) is 5.82 Å². The minimum atomic E-state index is -0.196. The van der Waals surface area contributed by atoms with Crippen molar-refractivity contribution < 1.29 is 4.39 Å². The predicted molar refractivity (Wildman–Crippen MR) is 89.1 cm³/mol. The van der Waals surface area contributed by atoms with Gasteiger partial charge in [0.05, 0.1) is 0 Å². The summed E-state index contributed by atoms with van der Waals surface area (Å²) in [5, 5.41) is 2.14. The monoisotopic (exact) mass is 320 g/mol. The Morgan fingerprint density at radius 2 is 2.29 bits per heavy atom. The maximum atomic E-state index is 14.0. The number of benzene rings is 1. The van der Waals surface area contributed by atoms with Gasteiger partial charge in [-0.05, 0) is 48.6 Å². The predicted octanol–water partition coefficient (Wildman–Crippen LogP) is 3.64. The molecule has 0 saturated heterocycles. The van der Waals surface area contributed by atoms with E-state index in [4.69, 9.17) is 18.0 Å². The van der Waals surface area contributed by atoms with Gasteiger partial charge in [-0.25, -0.2) is 4.39 Å². The van der Waals surface area contributed by atoms with Crippen LogP contribution in [0.3, 0.4) is 0 Å². The van der Waals surface area contributed by atoms with Crippen LogP contribution >= 0.6 is 23.6 Å². The van der Waals surface area contributed by atoms with Crippen LogP contribution in [0.15, 0.2) is 29.6 Å². The summed E-state index contributed by atoms with van der Waals surface area (Å²) in [7, 11) is 0. The second-order valence-corrected chi connectivity index (χ2v) is 6.81. The van der Waals surface area contributed by atoms with Gasteiger partial charge in [-0.1, -0.05) is 12.2 Å². The minimum absolute atomic E-state index is 0.196. The van der Waals surface area contributed by atoms with Crippen LogP contribution in [0.2, 0.25) is 0 Å². The lowest BCUT2D eigenvalue weighted by molar-refractivity contribution is 0.189. The lowest BCUT2D eigenvalue weighted by Crippen LogP contribution is -2.33. The Hall–Kier alpha value is -1.30. The zero-order valence-electron chi connectivity index (χ0n) is 11.8. The van der Waals surface area contributed by atoms with E-state index in [1.807, 2.05) is 11.3 Å². The molecular formula is C16H17FN2S2. The maximum absolute atomic E-state index is 14.0. The van der Waals surface area contributed by atoms with Crippen LogP contribution in [0.4, 0.5) is 4.39 Å². The smallest absolute Gasteiger partial charge is 0.127 e. The fraction of sp³-hybridized carbons (Fsp3) is 0.312. The van der Waals surface area contributed by atoms with Crippen LogP contribution in [-0.2, 0) is 13.0 Å². The molecule has 2 nitrogen and oxygen atoms in total. The van der Waals surface area contributed by atoms with Crippen molar-refractivity contribution in [2.75, 3.05) is 6.54 Å². The summed E-state index contributed by atoms with van der Waals surface area (Å²) in [6, 6.07) is 7.35. The topological polar surface area (TPSA) is 29.3 Å². The largest absolute Gasteiger partial charge is 0.389 e. The average Bonchev–Trinajstić information content (AvgIpc) is 2.93. The molecule has 1 unspecified atom stereocenters. The van der Waals surface area contributed by atoms with Gasteiger partial charge in [0, 0.05) is 35.1 Å². The van der Waals surface area contributed by atoms with Crippen LogP contribution in [0.5, 0.6) is 0 Å². The van der Waals surface area contributed by atoms with E-state index in [0.29, 0.717) is 23.1 Å². The molecule has 2 aromatic rings. The molecule has 2 N–H and O–H groups in total. The molecule has 1 atom stereocenters. The molecule has 1 aliphatic rings. The van der Waals surface area contributed by atoms with Crippen LogP contribution in [0.1, 0.15) is 34.5 Å². The molecule has 0 bridgehead atoms. The molecule has 5 heteroatoms. The SMILES string of the molecule is CC1c2ccsc2CCN1Cc1cc(C(N)=S)ccc1F. The fourth-order valence-electron chi connectivity index (χ4n) is 2.85. The lowest BCUT2D eigenvalue weighted by Gasteiger charge is -2.33. The van der Waals surface area contributed by atoms with Crippen LogP contribution in [0.25, 0.3) is 0 Å². The number of thiocarbonyl (C=S) groups is 1. The van der Waals surface area contributed by atoms with E-state index in [9.17, 15) is 4.39 Å². The third kappa shape index (κ3) is 2.86. The first kappa shape index (κ1) is 14.6. The molecule has 1 aromatic carbocycles. The normalized spacial score (nSPS) is 18.5. The minimum Gasteiger partial charge on any atom is -0.389 e. The van der Waals surface area contributed by atoms with E-state index in [0.717, 1.165) is 18.5 Å². The summed E-state index contributed by atoms with van der Waals surface area (Å²) < 4.78 is 14.0. The Bertz CT molecular complexity index is 681. The highest BCUT2D eigenvalue weighted by Gasteiger charge is 2.25. The van der Waals surface area contributed by atoms with Crippen molar-refractivity contribution in [3.8, 4) is 0 Å². The van der Waals surface area contributed by atoms with E-state index in [-0.39, 0.29) is 5.82 Å². The van der Waals surface area contributed by atoms with Crippen LogP contribution in [-0.4, -0.2) is 16.4 Å². The number of nitrogens with two attached hydrogens (primary N) is 1. The van der Waals surface area contributed by atoms with Crippen molar-refractivity contribution in [2.45, 2.75) is 25.9 Å². The second-order valence-electron chi connectivity index (χ2n) is 5.37. The van der Waals surface area contributed by atoms with Gasteiger partial charge in [0.15, 0.2) is 0 Å². The Morgan fingerprint density at radius 3 is 3.05 bits per heavy atom. The summed E-state index contributed by atoms with van der Waals surface area (Å²) in [5.74, 6) is -0.196. The molecule has 2 heterocycles. The molecule has 0 aliphatic carbocycles. The average molecular weight is 320 g/mol. The zero-order chi connectivity index (χ0) is 15.0. The first-order valence-corrected chi connectivity index (χ1v) is 8.23. The Labute approximate surface area is 133 Å². The van der Waals surface area contributed by atoms with Gasteiger partial charge in [0.2, 0.25) is 0 Å². The number of nitrogens with zero attached hydrogens (tertiary/aromatic N) is 1. The van der Waals surface area contributed by atoms with Gasteiger partial charge in [-0.3, -0.25) is 4.90 Å². The molecule has 1 aliphatic heterocycles. The van der Waals surface area contributed by atoms with E-state index in [1.165, 1.54) is 16.5 Å². The van der Waals surface area contributed by atoms with E-state index >= 15 is 0 Å². The van der Waals surface area contributed by atoms with Crippen LogP contribution < -0.4 is 5.73 Å². The molecule has 0 amide bonds.